The lowest BCUT2D eigenvalue weighted by Crippen LogP contribution is -2.51. The summed E-state index contributed by atoms with van der Waals surface area (Å²) >= 11 is 0. The van der Waals surface area contributed by atoms with Crippen molar-refractivity contribution in [2.75, 3.05) is 13.7 Å². The van der Waals surface area contributed by atoms with Crippen LogP contribution in [0.2, 0.25) is 0 Å². The number of likely N-dealkylation sites (N-methyl/N-ethyl adjacent to an activating group) is 1. The summed E-state index contributed by atoms with van der Waals surface area (Å²) in [5, 5.41) is 3.78. The molecule has 0 aromatic heterocycles. The molecule has 2 bridgehead atoms. The second-order valence-electron chi connectivity index (χ2n) is 7.26. The maximum absolute atomic E-state index is 6.04. The summed E-state index contributed by atoms with van der Waals surface area (Å²) in [5.41, 5.74) is 0.151. The summed E-state index contributed by atoms with van der Waals surface area (Å²) in [6.45, 7) is 3.32. The van der Waals surface area contributed by atoms with Crippen molar-refractivity contribution in [1.82, 2.24) is 5.32 Å². The minimum Gasteiger partial charge on any atom is -0.377 e. The van der Waals surface area contributed by atoms with Crippen molar-refractivity contribution in [3.05, 3.63) is 0 Å². The summed E-state index contributed by atoms with van der Waals surface area (Å²) < 4.78 is 6.04. The van der Waals surface area contributed by atoms with Crippen molar-refractivity contribution in [3.8, 4) is 0 Å². The van der Waals surface area contributed by atoms with Gasteiger partial charge in [0.25, 0.3) is 0 Å². The standard InChI is InChI=1S/C17H31NO/c1-3-18-16(17(19-2)8-4-5-9-17)12-15-11-13-6-7-14(15)10-13/h13-16,18H,3-12H2,1-2H3. The van der Waals surface area contributed by atoms with Crippen LogP contribution >= 0.6 is 0 Å². The van der Waals surface area contributed by atoms with E-state index in [1.807, 2.05) is 7.11 Å². The summed E-state index contributed by atoms with van der Waals surface area (Å²) in [5.74, 6) is 3.09. The third-order valence-electron chi connectivity index (χ3n) is 6.37. The number of rotatable bonds is 6. The predicted octanol–water partition coefficient (Wildman–Crippen LogP) is 3.75. The minimum absolute atomic E-state index is 0.151. The molecule has 3 saturated carbocycles. The van der Waals surface area contributed by atoms with Crippen molar-refractivity contribution >= 4 is 0 Å². The first-order valence-electron chi connectivity index (χ1n) is 8.56. The first-order chi connectivity index (χ1) is 9.27. The minimum atomic E-state index is 0.151. The summed E-state index contributed by atoms with van der Waals surface area (Å²) in [4.78, 5) is 0. The van der Waals surface area contributed by atoms with E-state index in [2.05, 4.69) is 12.2 Å². The molecule has 4 atom stereocenters. The molecule has 3 aliphatic carbocycles. The van der Waals surface area contributed by atoms with Crippen LogP contribution in [0.5, 0.6) is 0 Å². The lowest BCUT2D eigenvalue weighted by atomic mass is 9.79. The van der Waals surface area contributed by atoms with E-state index in [1.165, 1.54) is 57.8 Å². The molecule has 3 fully saturated rings. The number of methoxy groups -OCH3 is 1. The Labute approximate surface area is 118 Å². The number of fused-ring (bicyclic) bond motifs is 2. The molecule has 3 rings (SSSR count). The number of hydrogen-bond donors (Lipinski definition) is 1. The van der Waals surface area contributed by atoms with E-state index in [1.54, 1.807) is 0 Å². The molecule has 0 amide bonds. The van der Waals surface area contributed by atoms with Gasteiger partial charge < -0.3 is 10.1 Å². The van der Waals surface area contributed by atoms with Crippen LogP contribution in [0.15, 0.2) is 0 Å². The third-order valence-corrected chi connectivity index (χ3v) is 6.37. The summed E-state index contributed by atoms with van der Waals surface area (Å²) in [6, 6.07) is 0.592. The van der Waals surface area contributed by atoms with E-state index in [-0.39, 0.29) is 5.60 Å². The largest absolute Gasteiger partial charge is 0.377 e. The Morgan fingerprint density at radius 1 is 1.21 bits per heavy atom. The van der Waals surface area contributed by atoms with E-state index < -0.39 is 0 Å². The Balaban J connectivity index is 1.66. The zero-order valence-corrected chi connectivity index (χ0v) is 12.8. The molecule has 3 aliphatic rings. The fraction of sp³-hybridized carbons (Fsp3) is 1.00. The van der Waals surface area contributed by atoms with Crippen LogP contribution in [0.3, 0.4) is 0 Å². The molecule has 0 spiro atoms. The number of ether oxygens (including phenoxy) is 1. The first kappa shape index (κ1) is 13.9. The molecule has 0 saturated heterocycles. The predicted molar refractivity (Wildman–Crippen MR) is 79.2 cm³/mol. The zero-order valence-electron chi connectivity index (χ0n) is 12.8. The van der Waals surface area contributed by atoms with Gasteiger partial charge in [-0.1, -0.05) is 26.2 Å². The highest BCUT2D eigenvalue weighted by Gasteiger charge is 2.46. The molecule has 0 aromatic rings. The average molecular weight is 265 g/mol. The van der Waals surface area contributed by atoms with Crippen LogP contribution in [0, 0.1) is 17.8 Å². The van der Waals surface area contributed by atoms with Crippen LogP contribution in [-0.4, -0.2) is 25.3 Å². The molecule has 0 radical (unpaired) electrons. The summed E-state index contributed by atoms with van der Waals surface area (Å²) in [7, 11) is 1.94. The van der Waals surface area contributed by atoms with Gasteiger partial charge >= 0.3 is 0 Å². The maximum atomic E-state index is 6.04. The van der Waals surface area contributed by atoms with E-state index in [0.717, 1.165) is 24.3 Å². The van der Waals surface area contributed by atoms with Gasteiger partial charge in [0, 0.05) is 13.2 Å². The van der Waals surface area contributed by atoms with Crippen LogP contribution in [0.25, 0.3) is 0 Å². The van der Waals surface area contributed by atoms with Gasteiger partial charge in [0.1, 0.15) is 0 Å². The fourth-order valence-electron chi connectivity index (χ4n) is 5.37. The van der Waals surface area contributed by atoms with Crippen molar-refractivity contribution in [3.63, 3.8) is 0 Å². The Hall–Kier alpha value is -0.0800. The van der Waals surface area contributed by atoms with E-state index in [4.69, 9.17) is 4.74 Å². The fourth-order valence-corrected chi connectivity index (χ4v) is 5.37. The topological polar surface area (TPSA) is 21.3 Å². The van der Waals surface area contributed by atoms with Crippen molar-refractivity contribution < 1.29 is 4.74 Å². The highest BCUT2D eigenvalue weighted by molar-refractivity contribution is 5.00. The molecule has 110 valence electrons. The number of nitrogens with one attached hydrogen (secondary N) is 1. The first-order valence-corrected chi connectivity index (χ1v) is 8.56. The normalized spacial score (nSPS) is 37.9. The van der Waals surface area contributed by atoms with Crippen LogP contribution < -0.4 is 5.32 Å². The molecular formula is C17H31NO. The van der Waals surface area contributed by atoms with E-state index in [9.17, 15) is 0 Å². The monoisotopic (exact) mass is 265 g/mol. The van der Waals surface area contributed by atoms with Gasteiger partial charge in [-0.25, -0.2) is 0 Å². The van der Waals surface area contributed by atoms with E-state index >= 15 is 0 Å². The molecule has 0 aromatic carbocycles. The number of hydrogen-bond acceptors (Lipinski definition) is 2. The van der Waals surface area contributed by atoms with Crippen LogP contribution in [0.1, 0.15) is 64.7 Å². The van der Waals surface area contributed by atoms with Gasteiger partial charge in [-0.15, -0.1) is 0 Å². The van der Waals surface area contributed by atoms with Gasteiger partial charge in [-0.2, -0.15) is 0 Å². The van der Waals surface area contributed by atoms with Crippen LogP contribution in [0.4, 0.5) is 0 Å². The Kier molecular flexibility index (Phi) is 4.19. The summed E-state index contributed by atoms with van der Waals surface area (Å²) in [6.07, 6.45) is 12.7. The highest BCUT2D eigenvalue weighted by Crippen LogP contribution is 2.51. The van der Waals surface area contributed by atoms with Gasteiger partial charge in [-0.3, -0.25) is 0 Å². The van der Waals surface area contributed by atoms with Crippen molar-refractivity contribution in [2.24, 2.45) is 17.8 Å². The van der Waals surface area contributed by atoms with Gasteiger partial charge in [0.2, 0.25) is 0 Å². The molecule has 2 nitrogen and oxygen atoms in total. The molecule has 0 heterocycles. The van der Waals surface area contributed by atoms with E-state index in [0.29, 0.717) is 6.04 Å². The molecular weight excluding hydrogens is 234 g/mol. The maximum Gasteiger partial charge on any atom is 0.0831 e. The lowest BCUT2D eigenvalue weighted by molar-refractivity contribution is -0.0431. The Bertz CT molecular complexity index is 298. The molecule has 0 aliphatic heterocycles. The van der Waals surface area contributed by atoms with Crippen molar-refractivity contribution in [2.45, 2.75) is 76.4 Å². The highest BCUT2D eigenvalue weighted by atomic mass is 16.5. The zero-order chi connectivity index (χ0) is 13.3. The van der Waals surface area contributed by atoms with Crippen molar-refractivity contribution in [1.29, 1.82) is 0 Å². The average Bonchev–Trinajstić information content (AvgIpc) is 3.15. The smallest absolute Gasteiger partial charge is 0.0831 e. The molecule has 4 unspecified atom stereocenters. The van der Waals surface area contributed by atoms with Gasteiger partial charge in [0.05, 0.1) is 5.60 Å². The quantitative estimate of drug-likeness (QED) is 0.789. The van der Waals surface area contributed by atoms with Gasteiger partial charge in [-0.05, 0) is 62.8 Å². The third kappa shape index (κ3) is 2.58. The Morgan fingerprint density at radius 3 is 2.53 bits per heavy atom. The molecule has 2 heteroatoms. The molecule has 19 heavy (non-hydrogen) atoms. The second-order valence-corrected chi connectivity index (χ2v) is 7.26. The molecule has 1 N–H and O–H groups in total. The lowest BCUT2D eigenvalue weighted by Gasteiger charge is -2.39. The second kappa shape index (κ2) is 5.73. The SMILES string of the molecule is CCNC(CC1CC2CCC1C2)C1(OC)CCCC1. The van der Waals surface area contributed by atoms with Gasteiger partial charge in [0.15, 0.2) is 0 Å². The Morgan fingerprint density at radius 2 is 2.00 bits per heavy atom. The van der Waals surface area contributed by atoms with Crippen LogP contribution in [-0.2, 0) is 4.74 Å².